The van der Waals surface area contributed by atoms with Crippen LogP contribution in [0.4, 0.5) is 5.69 Å². The average molecular weight is 537 g/mol. The lowest BCUT2D eigenvalue weighted by molar-refractivity contribution is 0.0850. The Labute approximate surface area is 223 Å². The van der Waals surface area contributed by atoms with Crippen molar-refractivity contribution in [3.05, 3.63) is 75.9 Å². The van der Waals surface area contributed by atoms with Gasteiger partial charge in [0.05, 0.1) is 21.8 Å². The quantitative estimate of drug-likeness (QED) is 0.366. The van der Waals surface area contributed by atoms with E-state index in [1.807, 2.05) is 62.5 Å². The fourth-order valence-corrected chi connectivity index (χ4v) is 5.01. The van der Waals surface area contributed by atoms with E-state index in [0.29, 0.717) is 29.4 Å². The van der Waals surface area contributed by atoms with Crippen molar-refractivity contribution in [2.45, 2.75) is 25.9 Å². The summed E-state index contributed by atoms with van der Waals surface area (Å²) in [5.41, 5.74) is 4.76. The topological polar surface area (TPSA) is 48.7 Å². The van der Waals surface area contributed by atoms with Gasteiger partial charge in [-0.15, -0.1) is 12.4 Å². The number of benzene rings is 2. The lowest BCUT2D eigenvalue weighted by atomic mass is 10.0. The van der Waals surface area contributed by atoms with Gasteiger partial charge in [-0.05, 0) is 37.1 Å². The second-order valence-corrected chi connectivity index (χ2v) is 9.72. The zero-order chi connectivity index (χ0) is 24.2. The molecule has 0 radical (unpaired) electrons. The van der Waals surface area contributed by atoms with Crippen LogP contribution in [0.15, 0.2) is 54.6 Å². The fourth-order valence-electron chi connectivity index (χ4n) is 4.60. The highest BCUT2D eigenvalue weighted by Gasteiger charge is 2.23. The van der Waals surface area contributed by atoms with Gasteiger partial charge in [-0.2, -0.15) is 0 Å². The number of aliphatic hydroxyl groups excluding tert-OH is 1. The Morgan fingerprint density at radius 2 is 1.71 bits per heavy atom. The number of halogens is 3. The van der Waals surface area contributed by atoms with Crippen LogP contribution in [0.25, 0.3) is 11.3 Å². The molecule has 2 aromatic carbocycles. The summed E-state index contributed by atoms with van der Waals surface area (Å²) in [6, 6.07) is 17.7. The van der Waals surface area contributed by atoms with Crippen molar-refractivity contribution in [2.24, 2.45) is 7.05 Å². The third-order valence-electron chi connectivity index (χ3n) is 6.72. The van der Waals surface area contributed by atoms with Gasteiger partial charge in [-0.25, -0.2) is 0 Å². The molecule has 1 aliphatic rings. The van der Waals surface area contributed by atoms with E-state index in [2.05, 4.69) is 14.4 Å². The second kappa shape index (κ2) is 12.3. The van der Waals surface area contributed by atoms with E-state index in [1.54, 1.807) is 6.07 Å². The first-order valence-electron chi connectivity index (χ1n) is 11.7. The van der Waals surface area contributed by atoms with Crippen molar-refractivity contribution in [3.63, 3.8) is 0 Å². The first-order chi connectivity index (χ1) is 16.3. The second-order valence-electron chi connectivity index (χ2n) is 8.93. The van der Waals surface area contributed by atoms with Gasteiger partial charge in [-0.1, -0.05) is 59.6 Å². The van der Waals surface area contributed by atoms with Crippen LogP contribution in [0, 0.1) is 6.92 Å². The van der Waals surface area contributed by atoms with Crippen LogP contribution < -0.4 is 4.90 Å². The van der Waals surface area contributed by atoms with Crippen molar-refractivity contribution in [1.82, 2.24) is 9.47 Å². The number of ketones is 1. The molecule has 0 amide bonds. The van der Waals surface area contributed by atoms with Gasteiger partial charge in [0.15, 0.2) is 5.78 Å². The molecular weight excluding hydrogens is 505 g/mol. The largest absolute Gasteiger partial charge is 0.392 e. The highest BCUT2D eigenvalue weighted by molar-refractivity contribution is 6.43. The Balaban J connectivity index is 0.00000342. The lowest BCUT2D eigenvalue weighted by Crippen LogP contribution is -2.48. The maximum Gasteiger partial charge on any atom is 0.164 e. The van der Waals surface area contributed by atoms with Crippen LogP contribution in [-0.2, 0) is 7.05 Å². The number of rotatable bonds is 8. The van der Waals surface area contributed by atoms with E-state index in [0.717, 1.165) is 54.4 Å². The third kappa shape index (κ3) is 6.41. The molecule has 5 nitrogen and oxygen atoms in total. The third-order valence-corrected chi connectivity index (χ3v) is 7.53. The SMILES string of the molecule is Cc1c(C(=O)CCC(O)CN2CCN(c3cccc(Cl)c3Cl)CC2)cc(-c2ccccc2)n1C.Cl. The minimum Gasteiger partial charge on any atom is -0.392 e. The summed E-state index contributed by atoms with van der Waals surface area (Å²) in [7, 11) is 1.99. The Hall–Kier alpha value is -2.02. The maximum atomic E-state index is 13.0. The molecule has 0 saturated carbocycles. The maximum absolute atomic E-state index is 13.0. The van der Waals surface area contributed by atoms with Crippen molar-refractivity contribution in [2.75, 3.05) is 37.6 Å². The van der Waals surface area contributed by atoms with Gasteiger partial charge in [0.2, 0.25) is 0 Å². The van der Waals surface area contributed by atoms with Crippen LogP contribution in [0.3, 0.4) is 0 Å². The summed E-state index contributed by atoms with van der Waals surface area (Å²) in [4.78, 5) is 17.4. The Bertz CT molecular complexity index is 1140. The smallest absolute Gasteiger partial charge is 0.164 e. The number of hydrogen-bond acceptors (Lipinski definition) is 4. The van der Waals surface area contributed by atoms with E-state index >= 15 is 0 Å². The normalized spacial score (nSPS) is 15.1. The Morgan fingerprint density at radius 3 is 2.40 bits per heavy atom. The van der Waals surface area contributed by atoms with E-state index in [9.17, 15) is 9.90 Å². The summed E-state index contributed by atoms with van der Waals surface area (Å²) in [5, 5.41) is 11.8. The van der Waals surface area contributed by atoms with Crippen molar-refractivity contribution >= 4 is 47.1 Å². The molecular formula is C27H32Cl3N3O2. The minimum absolute atomic E-state index is 0. The number of carbonyl (C=O) groups is 1. The first kappa shape index (κ1) is 27.6. The molecule has 3 aromatic rings. The zero-order valence-corrected chi connectivity index (χ0v) is 22.4. The number of aliphatic hydroxyl groups is 1. The van der Waals surface area contributed by atoms with E-state index in [-0.39, 0.29) is 18.2 Å². The van der Waals surface area contributed by atoms with Crippen LogP contribution in [0.5, 0.6) is 0 Å². The minimum atomic E-state index is -0.539. The molecule has 188 valence electrons. The predicted octanol–water partition coefficient (Wildman–Crippen LogP) is 5.88. The molecule has 35 heavy (non-hydrogen) atoms. The number of aromatic nitrogens is 1. The standard InChI is InChI=1S/C27H31Cl2N3O2.ClH/c1-19-22(17-25(30(19)2)20-7-4-3-5-8-20)26(34)12-11-21(33)18-31-13-15-32(16-14-31)24-10-6-9-23(28)27(24)29;/h3-10,17,21,33H,11-16,18H2,1-2H3;1H. The molecule has 1 N–H and O–H groups in total. The van der Waals surface area contributed by atoms with Gasteiger partial charge in [0.25, 0.3) is 0 Å². The summed E-state index contributed by atoms with van der Waals surface area (Å²) < 4.78 is 2.06. The number of Topliss-reactive ketones (excluding diaryl/α,β-unsaturated/α-hetero) is 1. The van der Waals surface area contributed by atoms with Crippen LogP contribution in [0.2, 0.25) is 10.0 Å². The molecule has 1 saturated heterocycles. The Morgan fingerprint density at radius 1 is 1.03 bits per heavy atom. The monoisotopic (exact) mass is 535 g/mol. The fraction of sp³-hybridized carbons (Fsp3) is 0.370. The van der Waals surface area contributed by atoms with Crippen LogP contribution in [-0.4, -0.2) is 59.2 Å². The number of β-amino-alcohol motifs (C(OH)–C–C–N with tert-alkyl or cyclic N) is 1. The van der Waals surface area contributed by atoms with E-state index in [4.69, 9.17) is 23.2 Å². The molecule has 1 aliphatic heterocycles. The molecule has 1 aromatic heterocycles. The number of piperazine rings is 1. The van der Waals surface area contributed by atoms with Crippen LogP contribution in [0.1, 0.15) is 28.9 Å². The van der Waals surface area contributed by atoms with Gasteiger partial charge in [0.1, 0.15) is 0 Å². The van der Waals surface area contributed by atoms with Crippen LogP contribution >= 0.6 is 35.6 Å². The number of anilines is 1. The van der Waals surface area contributed by atoms with Gasteiger partial charge < -0.3 is 14.6 Å². The number of nitrogens with zero attached hydrogens (tertiary/aromatic N) is 3. The van der Waals surface area contributed by atoms with E-state index < -0.39 is 6.10 Å². The van der Waals surface area contributed by atoms with E-state index in [1.165, 1.54) is 0 Å². The average Bonchev–Trinajstić information content (AvgIpc) is 3.15. The summed E-state index contributed by atoms with van der Waals surface area (Å²) in [5.74, 6) is 0.0785. The van der Waals surface area contributed by atoms with Crippen molar-refractivity contribution in [3.8, 4) is 11.3 Å². The van der Waals surface area contributed by atoms with Gasteiger partial charge in [-0.3, -0.25) is 9.69 Å². The van der Waals surface area contributed by atoms with Crippen molar-refractivity contribution in [1.29, 1.82) is 0 Å². The molecule has 8 heteroatoms. The molecule has 0 aliphatic carbocycles. The lowest BCUT2D eigenvalue weighted by Gasteiger charge is -2.37. The molecule has 2 heterocycles. The zero-order valence-electron chi connectivity index (χ0n) is 20.1. The van der Waals surface area contributed by atoms with Gasteiger partial charge in [0, 0.05) is 63.1 Å². The molecule has 0 spiro atoms. The Kier molecular flexibility index (Phi) is 9.68. The molecule has 1 unspecified atom stereocenters. The number of carbonyl (C=O) groups excluding carboxylic acids is 1. The summed E-state index contributed by atoms with van der Waals surface area (Å²) in [6.07, 6.45) is 0.245. The van der Waals surface area contributed by atoms with Gasteiger partial charge >= 0.3 is 0 Å². The van der Waals surface area contributed by atoms with Crippen molar-refractivity contribution < 1.29 is 9.90 Å². The molecule has 4 rings (SSSR count). The predicted molar refractivity (Wildman–Crippen MR) is 148 cm³/mol. The summed E-state index contributed by atoms with van der Waals surface area (Å²) in [6.45, 7) is 5.82. The highest BCUT2D eigenvalue weighted by atomic mass is 35.5. The molecule has 0 bridgehead atoms. The highest BCUT2D eigenvalue weighted by Crippen LogP contribution is 2.33. The first-order valence-corrected chi connectivity index (χ1v) is 12.4. The summed E-state index contributed by atoms with van der Waals surface area (Å²) >= 11 is 12.5. The molecule has 1 fully saturated rings. The number of hydrogen-bond donors (Lipinski definition) is 1. The molecule has 1 atom stereocenters.